The minimum Gasteiger partial charge on any atom is -0.377 e. The van der Waals surface area contributed by atoms with Crippen molar-refractivity contribution in [3.05, 3.63) is 35.4 Å². The molecule has 3 nitrogen and oxygen atoms in total. The van der Waals surface area contributed by atoms with Gasteiger partial charge in [0.1, 0.15) is 0 Å². The van der Waals surface area contributed by atoms with Gasteiger partial charge >= 0.3 is 0 Å². The summed E-state index contributed by atoms with van der Waals surface area (Å²) < 4.78 is 5.73. The molecule has 0 aliphatic carbocycles. The first-order valence-corrected chi connectivity index (χ1v) is 7.79. The quantitative estimate of drug-likeness (QED) is 0.895. The van der Waals surface area contributed by atoms with Gasteiger partial charge in [0.15, 0.2) is 0 Å². The van der Waals surface area contributed by atoms with Crippen molar-refractivity contribution in [2.24, 2.45) is 0 Å². The highest BCUT2D eigenvalue weighted by Gasteiger charge is 2.16. The normalized spacial score (nSPS) is 21.1. The molecule has 0 amide bonds. The van der Waals surface area contributed by atoms with Crippen LogP contribution in [-0.2, 0) is 17.8 Å². The Morgan fingerprint density at radius 2 is 2.05 bits per heavy atom. The highest BCUT2D eigenvalue weighted by Crippen LogP contribution is 2.14. The lowest BCUT2D eigenvalue weighted by atomic mass is 10.1. The lowest BCUT2D eigenvalue weighted by Gasteiger charge is -2.23. The molecule has 0 bridgehead atoms. The molecule has 112 valence electrons. The maximum Gasteiger partial charge on any atom is 0.0674 e. The first-order valence-electron chi connectivity index (χ1n) is 7.79. The van der Waals surface area contributed by atoms with Gasteiger partial charge in [-0.2, -0.15) is 0 Å². The van der Waals surface area contributed by atoms with Gasteiger partial charge in [-0.15, -0.1) is 0 Å². The molecule has 0 radical (unpaired) electrons. The van der Waals surface area contributed by atoms with E-state index >= 15 is 0 Å². The second-order valence-electron chi connectivity index (χ2n) is 6.07. The van der Waals surface area contributed by atoms with Gasteiger partial charge in [0.05, 0.1) is 6.10 Å². The van der Waals surface area contributed by atoms with Crippen molar-refractivity contribution in [1.82, 2.24) is 10.2 Å². The second-order valence-corrected chi connectivity index (χ2v) is 6.07. The molecule has 1 N–H and O–H groups in total. The van der Waals surface area contributed by atoms with Crippen molar-refractivity contribution in [3.63, 3.8) is 0 Å². The number of rotatable bonds is 5. The molecule has 0 aromatic heterocycles. The van der Waals surface area contributed by atoms with E-state index in [1.165, 1.54) is 11.1 Å². The number of benzene rings is 1. The van der Waals surface area contributed by atoms with Gasteiger partial charge in [-0.25, -0.2) is 0 Å². The Kier molecular flexibility index (Phi) is 6.02. The molecule has 1 aromatic rings. The third-order valence-corrected chi connectivity index (χ3v) is 3.75. The van der Waals surface area contributed by atoms with Crippen LogP contribution in [-0.4, -0.2) is 36.7 Å². The van der Waals surface area contributed by atoms with Gasteiger partial charge in [-0.1, -0.05) is 38.1 Å². The Labute approximate surface area is 123 Å². The lowest BCUT2D eigenvalue weighted by molar-refractivity contribution is 0.0667. The Balaban J connectivity index is 2.00. The van der Waals surface area contributed by atoms with Gasteiger partial charge in [-0.05, 0) is 24.5 Å². The Bertz CT molecular complexity index is 406. The van der Waals surface area contributed by atoms with Crippen LogP contribution in [0.15, 0.2) is 24.3 Å². The molecule has 1 saturated heterocycles. The average molecular weight is 276 g/mol. The van der Waals surface area contributed by atoms with Gasteiger partial charge in [0.2, 0.25) is 0 Å². The third kappa shape index (κ3) is 4.89. The smallest absolute Gasteiger partial charge is 0.0674 e. The fraction of sp³-hybridized carbons (Fsp3) is 0.647. The second kappa shape index (κ2) is 7.77. The standard InChI is InChI=1S/C17H28N2O/c1-14(2)18-11-16-7-4-5-8-17(16)13-19-9-6-10-20-15(3)12-19/h4-5,7-8,14-15,18H,6,9-13H2,1-3H3. The lowest BCUT2D eigenvalue weighted by Crippen LogP contribution is -2.30. The summed E-state index contributed by atoms with van der Waals surface area (Å²) in [6, 6.07) is 9.30. The number of nitrogens with one attached hydrogen (secondary N) is 1. The molecule has 0 spiro atoms. The highest BCUT2D eigenvalue weighted by molar-refractivity contribution is 5.27. The molecule has 1 aromatic carbocycles. The molecule has 1 unspecified atom stereocenters. The average Bonchev–Trinajstić information content (AvgIpc) is 2.62. The van der Waals surface area contributed by atoms with E-state index in [4.69, 9.17) is 4.74 Å². The number of hydrogen-bond acceptors (Lipinski definition) is 3. The third-order valence-electron chi connectivity index (χ3n) is 3.75. The number of nitrogens with zero attached hydrogens (tertiary/aromatic N) is 1. The molecule has 1 aliphatic rings. The van der Waals surface area contributed by atoms with Crippen LogP contribution in [0.3, 0.4) is 0 Å². The van der Waals surface area contributed by atoms with E-state index in [1.807, 2.05) is 0 Å². The van der Waals surface area contributed by atoms with Gasteiger partial charge in [0.25, 0.3) is 0 Å². The van der Waals surface area contributed by atoms with E-state index in [1.54, 1.807) is 0 Å². The maximum absolute atomic E-state index is 5.73. The van der Waals surface area contributed by atoms with E-state index in [0.29, 0.717) is 12.1 Å². The van der Waals surface area contributed by atoms with Crippen LogP contribution in [0.5, 0.6) is 0 Å². The fourth-order valence-electron chi connectivity index (χ4n) is 2.66. The van der Waals surface area contributed by atoms with E-state index < -0.39 is 0 Å². The topological polar surface area (TPSA) is 24.5 Å². The molecule has 3 heteroatoms. The van der Waals surface area contributed by atoms with Crippen LogP contribution in [0.25, 0.3) is 0 Å². The summed E-state index contributed by atoms with van der Waals surface area (Å²) in [7, 11) is 0. The summed E-state index contributed by atoms with van der Waals surface area (Å²) in [5, 5.41) is 3.52. The minimum atomic E-state index is 0.346. The van der Waals surface area contributed by atoms with Gasteiger partial charge in [0, 0.05) is 38.8 Å². The van der Waals surface area contributed by atoms with Crippen molar-refractivity contribution in [2.75, 3.05) is 19.7 Å². The van der Waals surface area contributed by atoms with E-state index in [2.05, 4.69) is 55.3 Å². The monoisotopic (exact) mass is 276 g/mol. The molecule has 1 atom stereocenters. The SMILES string of the molecule is CC(C)NCc1ccccc1CN1CCCOC(C)C1. The Hall–Kier alpha value is -0.900. The molecule has 1 fully saturated rings. The Morgan fingerprint density at radius 3 is 2.80 bits per heavy atom. The Morgan fingerprint density at radius 1 is 1.30 bits per heavy atom. The number of ether oxygens (including phenoxy) is 1. The van der Waals surface area contributed by atoms with Gasteiger partial charge in [-0.3, -0.25) is 4.90 Å². The zero-order valence-corrected chi connectivity index (χ0v) is 13.1. The van der Waals surface area contributed by atoms with E-state index in [0.717, 1.165) is 39.2 Å². The molecule has 2 rings (SSSR count). The molecule has 0 saturated carbocycles. The molecule has 1 heterocycles. The fourth-order valence-corrected chi connectivity index (χ4v) is 2.66. The van der Waals surface area contributed by atoms with Crippen LogP contribution < -0.4 is 5.32 Å². The zero-order valence-electron chi connectivity index (χ0n) is 13.1. The molecule has 1 aliphatic heterocycles. The van der Waals surface area contributed by atoms with Crippen molar-refractivity contribution in [3.8, 4) is 0 Å². The van der Waals surface area contributed by atoms with E-state index in [-0.39, 0.29) is 0 Å². The number of hydrogen-bond donors (Lipinski definition) is 1. The summed E-state index contributed by atoms with van der Waals surface area (Å²) >= 11 is 0. The summed E-state index contributed by atoms with van der Waals surface area (Å²) in [5.41, 5.74) is 2.86. The minimum absolute atomic E-state index is 0.346. The summed E-state index contributed by atoms with van der Waals surface area (Å²) in [6.07, 6.45) is 1.48. The highest BCUT2D eigenvalue weighted by atomic mass is 16.5. The zero-order chi connectivity index (χ0) is 14.4. The predicted octanol–water partition coefficient (Wildman–Crippen LogP) is 2.80. The first-order chi connectivity index (χ1) is 9.65. The summed E-state index contributed by atoms with van der Waals surface area (Å²) in [5.74, 6) is 0. The van der Waals surface area contributed by atoms with Crippen molar-refractivity contribution < 1.29 is 4.74 Å². The first kappa shape index (κ1) is 15.5. The van der Waals surface area contributed by atoms with Crippen LogP contribution in [0.1, 0.15) is 38.3 Å². The molecular formula is C17H28N2O. The summed E-state index contributed by atoms with van der Waals surface area (Å²) in [6.45, 7) is 11.6. The van der Waals surface area contributed by atoms with E-state index in [9.17, 15) is 0 Å². The predicted molar refractivity (Wildman–Crippen MR) is 83.7 cm³/mol. The van der Waals surface area contributed by atoms with Crippen molar-refractivity contribution in [2.45, 2.75) is 52.4 Å². The van der Waals surface area contributed by atoms with Crippen LogP contribution in [0.4, 0.5) is 0 Å². The summed E-state index contributed by atoms with van der Waals surface area (Å²) in [4.78, 5) is 2.52. The van der Waals surface area contributed by atoms with Crippen LogP contribution >= 0.6 is 0 Å². The largest absolute Gasteiger partial charge is 0.377 e. The molecule has 20 heavy (non-hydrogen) atoms. The molecular weight excluding hydrogens is 248 g/mol. The van der Waals surface area contributed by atoms with Crippen LogP contribution in [0.2, 0.25) is 0 Å². The van der Waals surface area contributed by atoms with Gasteiger partial charge < -0.3 is 10.1 Å². The van der Waals surface area contributed by atoms with Crippen molar-refractivity contribution >= 4 is 0 Å². The van der Waals surface area contributed by atoms with Crippen LogP contribution in [0, 0.1) is 0 Å². The van der Waals surface area contributed by atoms with Crippen molar-refractivity contribution in [1.29, 1.82) is 0 Å². The maximum atomic E-state index is 5.73.